The molecular weight excluding hydrogens is 170 g/mol. The molecule has 0 aliphatic rings. The summed E-state index contributed by atoms with van der Waals surface area (Å²) in [5.74, 6) is 6.34. The Morgan fingerprint density at radius 3 is 2.79 bits per heavy atom. The maximum absolute atomic E-state index is 5.61. The van der Waals surface area contributed by atoms with Crippen molar-refractivity contribution in [3.63, 3.8) is 0 Å². The lowest BCUT2D eigenvalue weighted by molar-refractivity contribution is 0.828. The van der Waals surface area contributed by atoms with E-state index >= 15 is 0 Å². The number of benzene rings is 1. The van der Waals surface area contributed by atoms with Gasteiger partial charge < -0.3 is 5.73 Å². The molecule has 0 saturated carbocycles. The van der Waals surface area contributed by atoms with E-state index < -0.39 is 0 Å². The Labute approximate surface area is 86.3 Å². The molecule has 0 radical (unpaired) electrons. The first kappa shape index (κ1) is 10.8. The average molecular weight is 187 g/mol. The third kappa shape index (κ3) is 3.24. The van der Waals surface area contributed by atoms with E-state index in [9.17, 15) is 0 Å². The molecule has 0 bridgehead atoms. The molecule has 1 aromatic carbocycles. The van der Waals surface area contributed by atoms with Crippen LogP contribution in [0.5, 0.6) is 0 Å². The lowest BCUT2D eigenvalue weighted by Gasteiger charge is -1.98. The predicted molar refractivity (Wildman–Crippen MR) is 60.7 cm³/mol. The van der Waals surface area contributed by atoms with Crippen molar-refractivity contribution in [2.45, 2.75) is 32.7 Å². The van der Waals surface area contributed by atoms with E-state index in [1.54, 1.807) is 0 Å². The molecule has 0 aliphatic carbocycles. The van der Waals surface area contributed by atoms with Gasteiger partial charge in [-0.2, -0.15) is 0 Å². The predicted octanol–water partition coefficient (Wildman–Crippen LogP) is 2.69. The summed E-state index contributed by atoms with van der Waals surface area (Å²) in [5.41, 5.74) is 7.82. The van der Waals surface area contributed by atoms with Crippen molar-refractivity contribution in [2.75, 3.05) is 0 Å². The van der Waals surface area contributed by atoms with Gasteiger partial charge in [-0.3, -0.25) is 0 Å². The van der Waals surface area contributed by atoms with Crippen LogP contribution < -0.4 is 5.73 Å². The van der Waals surface area contributed by atoms with Gasteiger partial charge in [-0.25, -0.2) is 0 Å². The zero-order valence-electron chi connectivity index (χ0n) is 8.72. The van der Waals surface area contributed by atoms with E-state index in [1.165, 1.54) is 12.8 Å². The van der Waals surface area contributed by atoms with E-state index in [-0.39, 0.29) is 0 Å². The third-order valence-electron chi connectivity index (χ3n) is 2.12. The minimum atomic E-state index is 0.568. The minimum Gasteiger partial charge on any atom is -0.326 e. The first-order valence-corrected chi connectivity index (χ1v) is 5.15. The van der Waals surface area contributed by atoms with Crippen LogP contribution in [0.25, 0.3) is 0 Å². The molecule has 0 amide bonds. The molecule has 0 atom stereocenters. The van der Waals surface area contributed by atoms with Gasteiger partial charge in [0.1, 0.15) is 0 Å². The summed E-state index contributed by atoms with van der Waals surface area (Å²) in [6.45, 7) is 2.74. The molecule has 0 aromatic heterocycles. The fraction of sp³-hybridized carbons (Fsp3) is 0.385. The molecule has 1 rings (SSSR count). The highest BCUT2D eigenvalue weighted by Gasteiger charge is 1.94. The molecule has 0 saturated heterocycles. The van der Waals surface area contributed by atoms with Crippen LogP contribution >= 0.6 is 0 Å². The zero-order valence-corrected chi connectivity index (χ0v) is 8.72. The van der Waals surface area contributed by atoms with Crippen LogP contribution in [0, 0.1) is 11.8 Å². The second-order valence-corrected chi connectivity index (χ2v) is 3.27. The Kier molecular flexibility index (Phi) is 4.82. The molecule has 0 unspecified atom stereocenters. The van der Waals surface area contributed by atoms with E-state index in [0.717, 1.165) is 17.5 Å². The van der Waals surface area contributed by atoms with Crippen LogP contribution in [0.3, 0.4) is 0 Å². The smallest absolute Gasteiger partial charge is 0.0290 e. The summed E-state index contributed by atoms with van der Waals surface area (Å²) < 4.78 is 0. The van der Waals surface area contributed by atoms with Gasteiger partial charge in [0.25, 0.3) is 0 Å². The second-order valence-electron chi connectivity index (χ2n) is 3.27. The van der Waals surface area contributed by atoms with Crippen LogP contribution in [-0.4, -0.2) is 0 Å². The maximum Gasteiger partial charge on any atom is 0.0290 e. The summed E-state index contributed by atoms with van der Waals surface area (Å²) in [7, 11) is 0. The van der Waals surface area contributed by atoms with Crippen molar-refractivity contribution in [1.29, 1.82) is 0 Å². The maximum atomic E-state index is 5.61. The summed E-state index contributed by atoms with van der Waals surface area (Å²) in [6.07, 6.45) is 3.36. The van der Waals surface area contributed by atoms with Gasteiger partial charge in [-0.15, -0.1) is 0 Å². The Bertz CT molecular complexity index is 331. The van der Waals surface area contributed by atoms with Gasteiger partial charge >= 0.3 is 0 Å². The number of nitrogens with two attached hydrogens (primary N) is 1. The van der Waals surface area contributed by atoms with Gasteiger partial charge in [0.2, 0.25) is 0 Å². The van der Waals surface area contributed by atoms with Gasteiger partial charge in [0.15, 0.2) is 0 Å². The molecular formula is C13H17N. The van der Waals surface area contributed by atoms with Crippen LogP contribution in [0.4, 0.5) is 0 Å². The highest BCUT2D eigenvalue weighted by atomic mass is 14.5. The Morgan fingerprint density at radius 2 is 2.07 bits per heavy atom. The van der Waals surface area contributed by atoms with E-state index in [2.05, 4.69) is 18.8 Å². The van der Waals surface area contributed by atoms with Gasteiger partial charge in [0.05, 0.1) is 0 Å². The first-order valence-electron chi connectivity index (χ1n) is 5.15. The summed E-state index contributed by atoms with van der Waals surface area (Å²) >= 11 is 0. The minimum absolute atomic E-state index is 0.568. The van der Waals surface area contributed by atoms with Crippen molar-refractivity contribution >= 4 is 0 Å². The molecule has 1 heteroatoms. The molecule has 0 fully saturated rings. The molecule has 0 spiro atoms. The SMILES string of the molecule is CCCCC#Cc1ccccc1CN. The number of hydrogen-bond donors (Lipinski definition) is 1. The Morgan fingerprint density at radius 1 is 1.29 bits per heavy atom. The second kappa shape index (κ2) is 6.23. The van der Waals surface area contributed by atoms with Crippen LogP contribution in [0.1, 0.15) is 37.3 Å². The van der Waals surface area contributed by atoms with Crippen LogP contribution in [0.15, 0.2) is 24.3 Å². The Balaban J connectivity index is 2.68. The molecule has 14 heavy (non-hydrogen) atoms. The molecule has 0 heterocycles. The number of hydrogen-bond acceptors (Lipinski definition) is 1. The lowest BCUT2D eigenvalue weighted by atomic mass is 10.1. The summed E-state index contributed by atoms with van der Waals surface area (Å²) in [4.78, 5) is 0. The van der Waals surface area contributed by atoms with Gasteiger partial charge in [-0.1, -0.05) is 43.4 Å². The normalized spacial score (nSPS) is 9.29. The van der Waals surface area contributed by atoms with Crippen LogP contribution in [-0.2, 0) is 6.54 Å². The molecule has 0 aliphatic heterocycles. The van der Waals surface area contributed by atoms with Gasteiger partial charge in [-0.05, 0) is 18.1 Å². The van der Waals surface area contributed by atoms with Crippen molar-refractivity contribution in [3.8, 4) is 11.8 Å². The molecule has 2 N–H and O–H groups in total. The summed E-state index contributed by atoms with van der Waals surface area (Å²) in [6, 6.07) is 8.06. The van der Waals surface area contributed by atoms with Crippen molar-refractivity contribution in [2.24, 2.45) is 5.73 Å². The standard InChI is InChI=1S/C13H17N/c1-2-3-4-5-8-12-9-6-7-10-13(12)11-14/h6-7,9-10H,2-4,11,14H2,1H3. The highest BCUT2D eigenvalue weighted by molar-refractivity contribution is 5.41. The quantitative estimate of drug-likeness (QED) is 0.571. The van der Waals surface area contributed by atoms with E-state index in [1.807, 2.05) is 24.3 Å². The largest absolute Gasteiger partial charge is 0.326 e. The van der Waals surface area contributed by atoms with Gasteiger partial charge in [0, 0.05) is 18.5 Å². The number of rotatable bonds is 3. The summed E-state index contributed by atoms with van der Waals surface area (Å²) in [5, 5.41) is 0. The van der Waals surface area contributed by atoms with Crippen molar-refractivity contribution in [3.05, 3.63) is 35.4 Å². The third-order valence-corrected chi connectivity index (χ3v) is 2.12. The zero-order chi connectivity index (χ0) is 10.2. The fourth-order valence-corrected chi connectivity index (χ4v) is 1.24. The monoisotopic (exact) mass is 187 g/mol. The molecule has 1 aromatic rings. The lowest BCUT2D eigenvalue weighted by Crippen LogP contribution is -1.98. The van der Waals surface area contributed by atoms with Crippen molar-refractivity contribution < 1.29 is 0 Å². The average Bonchev–Trinajstić information content (AvgIpc) is 2.25. The fourth-order valence-electron chi connectivity index (χ4n) is 1.24. The van der Waals surface area contributed by atoms with Crippen molar-refractivity contribution in [1.82, 2.24) is 0 Å². The highest BCUT2D eigenvalue weighted by Crippen LogP contribution is 2.05. The Hall–Kier alpha value is -1.26. The van der Waals surface area contributed by atoms with Crippen LogP contribution in [0.2, 0.25) is 0 Å². The first-order chi connectivity index (χ1) is 6.88. The molecule has 1 nitrogen and oxygen atoms in total. The topological polar surface area (TPSA) is 26.0 Å². The number of unbranched alkanes of at least 4 members (excludes halogenated alkanes) is 2. The van der Waals surface area contributed by atoms with E-state index in [0.29, 0.717) is 6.54 Å². The van der Waals surface area contributed by atoms with E-state index in [4.69, 9.17) is 5.73 Å². The molecule has 74 valence electrons.